The van der Waals surface area contributed by atoms with Gasteiger partial charge in [-0.2, -0.15) is 4.80 Å². The highest BCUT2D eigenvalue weighted by Crippen LogP contribution is 2.12. The van der Waals surface area contributed by atoms with E-state index in [4.69, 9.17) is 4.74 Å². The number of ether oxygens (including phenoxy) is 1. The zero-order chi connectivity index (χ0) is 17.6. The largest absolute Gasteiger partial charge is 0.462 e. The number of carbonyl (C=O) groups is 1. The summed E-state index contributed by atoms with van der Waals surface area (Å²) in [6.07, 6.45) is 0.458. The Hall–Kier alpha value is -3.16. The van der Waals surface area contributed by atoms with Crippen molar-refractivity contribution in [1.29, 1.82) is 0 Å². The Balaban J connectivity index is 1.48. The molecule has 8 heteroatoms. The van der Waals surface area contributed by atoms with Gasteiger partial charge in [-0.1, -0.05) is 30.3 Å². The van der Waals surface area contributed by atoms with Gasteiger partial charge in [-0.3, -0.25) is 0 Å². The maximum Gasteiger partial charge on any atom is 0.338 e. The van der Waals surface area contributed by atoms with Crippen LogP contribution in [0.15, 0.2) is 48.5 Å². The van der Waals surface area contributed by atoms with Crippen LogP contribution in [0.25, 0.3) is 11.4 Å². The highest BCUT2D eigenvalue weighted by molar-refractivity contribution is 5.89. The number of hydrogen-bond acceptors (Lipinski definition) is 5. The summed E-state index contributed by atoms with van der Waals surface area (Å²) >= 11 is 0. The quantitative estimate of drug-likeness (QED) is 0.508. The molecule has 0 saturated heterocycles. The molecule has 3 rings (SSSR count). The van der Waals surface area contributed by atoms with Crippen molar-refractivity contribution in [1.82, 2.24) is 20.2 Å². The van der Waals surface area contributed by atoms with Crippen LogP contribution in [0.5, 0.6) is 0 Å². The van der Waals surface area contributed by atoms with Gasteiger partial charge < -0.3 is 4.74 Å². The molecule has 0 unspecified atom stereocenters. The first-order valence-corrected chi connectivity index (χ1v) is 7.59. The van der Waals surface area contributed by atoms with Gasteiger partial charge in [-0.25, -0.2) is 13.6 Å². The Kier molecular flexibility index (Phi) is 5.08. The molecule has 0 N–H and O–H groups in total. The Bertz CT molecular complexity index is 868. The summed E-state index contributed by atoms with van der Waals surface area (Å²) in [4.78, 5) is 13.2. The molecule has 128 valence electrons. The summed E-state index contributed by atoms with van der Waals surface area (Å²) in [6, 6.07) is 12.3. The Morgan fingerprint density at radius 1 is 1.08 bits per heavy atom. The number of aromatic nitrogens is 4. The topological polar surface area (TPSA) is 69.9 Å². The lowest BCUT2D eigenvalue weighted by Gasteiger charge is -2.04. The first kappa shape index (κ1) is 16.7. The number of halogens is 2. The first-order chi connectivity index (χ1) is 12.1. The molecule has 1 heterocycles. The van der Waals surface area contributed by atoms with Crippen molar-refractivity contribution in [2.75, 3.05) is 6.61 Å². The second-order valence-corrected chi connectivity index (χ2v) is 5.19. The van der Waals surface area contributed by atoms with E-state index in [0.29, 0.717) is 18.8 Å². The minimum Gasteiger partial charge on any atom is -0.462 e. The van der Waals surface area contributed by atoms with E-state index in [2.05, 4.69) is 15.4 Å². The second kappa shape index (κ2) is 7.61. The summed E-state index contributed by atoms with van der Waals surface area (Å²) < 4.78 is 30.9. The number of esters is 1. The average molecular weight is 344 g/mol. The van der Waals surface area contributed by atoms with E-state index in [1.54, 1.807) is 0 Å². The van der Waals surface area contributed by atoms with Crippen molar-refractivity contribution in [3.63, 3.8) is 0 Å². The van der Waals surface area contributed by atoms with Crippen molar-refractivity contribution in [2.24, 2.45) is 0 Å². The lowest BCUT2D eigenvalue weighted by Crippen LogP contribution is -2.10. The number of hydrogen-bond donors (Lipinski definition) is 0. The number of carbonyl (C=O) groups excluding carboxylic acids is 1. The van der Waals surface area contributed by atoms with Crippen LogP contribution in [-0.2, 0) is 11.3 Å². The summed E-state index contributed by atoms with van der Waals surface area (Å²) in [6.45, 7) is 0.505. The first-order valence-electron chi connectivity index (χ1n) is 7.59. The highest BCUT2D eigenvalue weighted by atomic mass is 19.2. The van der Waals surface area contributed by atoms with Gasteiger partial charge >= 0.3 is 5.97 Å². The third-order valence-corrected chi connectivity index (χ3v) is 3.38. The van der Waals surface area contributed by atoms with E-state index in [0.717, 1.165) is 17.7 Å². The molecule has 0 aliphatic rings. The normalized spacial score (nSPS) is 10.6. The predicted octanol–water partition coefficient (Wildman–Crippen LogP) is 2.87. The molecular formula is C17H14F2N4O2. The van der Waals surface area contributed by atoms with Crippen LogP contribution < -0.4 is 0 Å². The van der Waals surface area contributed by atoms with Crippen molar-refractivity contribution in [2.45, 2.75) is 13.0 Å². The summed E-state index contributed by atoms with van der Waals surface area (Å²) in [5.74, 6) is -2.30. The van der Waals surface area contributed by atoms with Crippen LogP contribution >= 0.6 is 0 Å². The van der Waals surface area contributed by atoms with E-state index in [1.165, 1.54) is 10.9 Å². The number of nitrogens with zero attached hydrogens (tertiary/aromatic N) is 4. The zero-order valence-electron chi connectivity index (χ0n) is 13.1. The molecule has 0 radical (unpaired) electrons. The molecule has 0 bridgehead atoms. The Labute approximate surface area is 142 Å². The predicted molar refractivity (Wildman–Crippen MR) is 84.5 cm³/mol. The summed E-state index contributed by atoms with van der Waals surface area (Å²) in [5, 5.41) is 12.1. The minimum atomic E-state index is -1.09. The Morgan fingerprint density at radius 2 is 1.88 bits per heavy atom. The van der Waals surface area contributed by atoms with Crippen LogP contribution in [0.3, 0.4) is 0 Å². The third kappa shape index (κ3) is 4.23. The monoisotopic (exact) mass is 344 g/mol. The molecule has 3 aromatic rings. The van der Waals surface area contributed by atoms with Gasteiger partial charge in [0.25, 0.3) is 0 Å². The van der Waals surface area contributed by atoms with Gasteiger partial charge in [0.1, 0.15) is 0 Å². The molecular weight excluding hydrogens is 330 g/mol. The highest BCUT2D eigenvalue weighted by Gasteiger charge is 2.11. The smallest absolute Gasteiger partial charge is 0.338 e. The third-order valence-electron chi connectivity index (χ3n) is 3.38. The maximum atomic E-state index is 13.1. The number of aryl methyl sites for hydroxylation is 1. The van der Waals surface area contributed by atoms with E-state index < -0.39 is 17.6 Å². The molecule has 0 amide bonds. The SMILES string of the molecule is O=C(OCCCn1nnc(-c2ccccc2)n1)c1ccc(F)c(F)c1. The Morgan fingerprint density at radius 3 is 2.64 bits per heavy atom. The average Bonchev–Trinajstić information content (AvgIpc) is 3.10. The fourth-order valence-electron chi connectivity index (χ4n) is 2.12. The van der Waals surface area contributed by atoms with E-state index >= 15 is 0 Å². The van der Waals surface area contributed by atoms with Crippen molar-refractivity contribution >= 4 is 5.97 Å². The van der Waals surface area contributed by atoms with Gasteiger partial charge in [-0.15, -0.1) is 10.2 Å². The van der Waals surface area contributed by atoms with Gasteiger partial charge in [-0.05, 0) is 23.4 Å². The lowest BCUT2D eigenvalue weighted by atomic mass is 10.2. The van der Waals surface area contributed by atoms with E-state index in [-0.39, 0.29) is 12.2 Å². The molecule has 0 saturated carbocycles. The molecule has 0 atom stereocenters. The van der Waals surface area contributed by atoms with Crippen molar-refractivity contribution in [3.05, 3.63) is 65.7 Å². The van der Waals surface area contributed by atoms with Crippen LogP contribution in [0, 0.1) is 11.6 Å². The maximum absolute atomic E-state index is 13.1. The fraction of sp³-hybridized carbons (Fsp3) is 0.176. The lowest BCUT2D eigenvalue weighted by molar-refractivity contribution is 0.0492. The van der Waals surface area contributed by atoms with E-state index in [9.17, 15) is 13.6 Å². The molecule has 25 heavy (non-hydrogen) atoms. The number of rotatable bonds is 6. The summed E-state index contributed by atoms with van der Waals surface area (Å²) in [7, 11) is 0. The molecule has 1 aromatic heterocycles. The van der Waals surface area contributed by atoms with E-state index in [1.807, 2.05) is 30.3 Å². The second-order valence-electron chi connectivity index (χ2n) is 5.19. The summed E-state index contributed by atoms with van der Waals surface area (Å²) in [5.41, 5.74) is 0.822. The van der Waals surface area contributed by atoms with Crippen molar-refractivity contribution in [3.8, 4) is 11.4 Å². The fourth-order valence-corrected chi connectivity index (χ4v) is 2.12. The van der Waals surface area contributed by atoms with Gasteiger partial charge in [0.2, 0.25) is 5.82 Å². The van der Waals surface area contributed by atoms with Gasteiger partial charge in [0, 0.05) is 12.0 Å². The van der Waals surface area contributed by atoms with Gasteiger partial charge in [0.15, 0.2) is 11.6 Å². The van der Waals surface area contributed by atoms with Crippen molar-refractivity contribution < 1.29 is 18.3 Å². The van der Waals surface area contributed by atoms with Crippen LogP contribution in [0.4, 0.5) is 8.78 Å². The molecule has 0 fully saturated rings. The standard InChI is InChI=1S/C17H14F2N4O2/c18-14-8-7-13(11-15(14)19)17(24)25-10-4-9-23-21-16(20-22-23)12-5-2-1-3-6-12/h1-3,5-8,11H,4,9-10H2. The molecule has 0 spiro atoms. The zero-order valence-corrected chi connectivity index (χ0v) is 13.1. The molecule has 0 aliphatic carbocycles. The number of tetrazole rings is 1. The minimum absolute atomic E-state index is 0.0378. The molecule has 6 nitrogen and oxygen atoms in total. The molecule has 0 aliphatic heterocycles. The number of benzene rings is 2. The van der Waals surface area contributed by atoms with Crippen LogP contribution in [0.2, 0.25) is 0 Å². The van der Waals surface area contributed by atoms with Gasteiger partial charge in [0.05, 0.1) is 18.7 Å². The molecule has 2 aromatic carbocycles. The van der Waals surface area contributed by atoms with Crippen LogP contribution in [-0.4, -0.2) is 32.8 Å². The van der Waals surface area contributed by atoms with Crippen LogP contribution in [0.1, 0.15) is 16.8 Å².